The van der Waals surface area contributed by atoms with E-state index in [1.54, 1.807) is 17.4 Å². The Morgan fingerprint density at radius 2 is 2.25 bits per heavy atom. The summed E-state index contributed by atoms with van der Waals surface area (Å²) in [4.78, 5) is 7.74. The van der Waals surface area contributed by atoms with Crippen LogP contribution in [0.4, 0.5) is 5.82 Å². The Balaban J connectivity index is 2.25. The van der Waals surface area contributed by atoms with E-state index in [-0.39, 0.29) is 5.84 Å². The number of pyridine rings is 1. The second-order valence-electron chi connectivity index (χ2n) is 4.43. The van der Waals surface area contributed by atoms with E-state index in [1.807, 2.05) is 24.9 Å². The number of rotatable bonds is 4. The van der Waals surface area contributed by atoms with E-state index in [0.717, 1.165) is 22.5 Å². The second-order valence-corrected chi connectivity index (χ2v) is 6.34. The van der Waals surface area contributed by atoms with Crippen LogP contribution in [0.1, 0.15) is 16.1 Å². The van der Waals surface area contributed by atoms with Crippen LogP contribution in [0.25, 0.3) is 0 Å². The van der Waals surface area contributed by atoms with E-state index in [1.165, 1.54) is 4.88 Å². The number of nitrogens with zero attached hydrogens (tertiary/aromatic N) is 3. The number of anilines is 1. The minimum absolute atomic E-state index is 0.0871. The van der Waals surface area contributed by atoms with Gasteiger partial charge in [-0.3, -0.25) is 0 Å². The van der Waals surface area contributed by atoms with Gasteiger partial charge in [-0.15, -0.1) is 11.3 Å². The zero-order valence-electron chi connectivity index (χ0n) is 11.2. The number of oxime groups is 1. The number of amidine groups is 1. The number of hydrogen-bond acceptors (Lipinski definition) is 5. The van der Waals surface area contributed by atoms with Crippen LogP contribution in [0.2, 0.25) is 0 Å². The third-order valence-corrected chi connectivity index (χ3v) is 4.43. The van der Waals surface area contributed by atoms with E-state index in [4.69, 9.17) is 10.9 Å². The average molecular weight is 355 g/mol. The molecule has 2 aromatic heterocycles. The smallest absolute Gasteiger partial charge is 0.170 e. The molecule has 5 nitrogen and oxygen atoms in total. The summed E-state index contributed by atoms with van der Waals surface area (Å²) in [6, 6.07) is 5.68. The highest BCUT2D eigenvalue weighted by molar-refractivity contribution is 9.10. The molecule has 0 saturated heterocycles. The van der Waals surface area contributed by atoms with Crippen LogP contribution in [-0.2, 0) is 6.54 Å². The van der Waals surface area contributed by atoms with Gasteiger partial charge in [0.2, 0.25) is 0 Å². The van der Waals surface area contributed by atoms with E-state index in [2.05, 4.69) is 37.5 Å². The van der Waals surface area contributed by atoms with Crippen LogP contribution >= 0.6 is 27.3 Å². The van der Waals surface area contributed by atoms with Crippen molar-refractivity contribution < 1.29 is 5.21 Å². The molecule has 0 aliphatic carbocycles. The molecule has 0 aliphatic heterocycles. The Morgan fingerprint density at radius 1 is 1.50 bits per heavy atom. The van der Waals surface area contributed by atoms with Crippen molar-refractivity contribution in [3.63, 3.8) is 0 Å². The molecule has 0 amide bonds. The lowest BCUT2D eigenvalue weighted by Crippen LogP contribution is -2.20. The van der Waals surface area contributed by atoms with Gasteiger partial charge in [0.05, 0.1) is 6.54 Å². The van der Waals surface area contributed by atoms with Gasteiger partial charge in [0.15, 0.2) is 5.84 Å². The molecule has 2 aromatic rings. The predicted octanol–water partition coefficient (Wildman–Crippen LogP) is 2.94. The molecule has 20 heavy (non-hydrogen) atoms. The Bertz CT molecular complexity index is 641. The summed E-state index contributed by atoms with van der Waals surface area (Å²) in [5.74, 6) is 0.875. The lowest BCUT2D eigenvalue weighted by atomic mass is 10.2. The molecule has 0 spiro atoms. The average Bonchev–Trinajstić information content (AvgIpc) is 2.82. The first kappa shape index (κ1) is 14.8. The topological polar surface area (TPSA) is 74.7 Å². The molecule has 7 heteroatoms. The standard InChI is InChI=1S/C13H15BrN4OS/c1-8-3-9(13(15)17-19)4-12(16-8)18(2)6-11-5-10(14)7-20-11/h3-5,7,19H,6H2,1-2H3,(H2,15,17). The molecule has 0 aromatic carbocycles. The van der Waals surface area contributed by atoms with E-state index >= 15 is 0 Å². The van der Waals surface area contributed by atoms with Crippen molar-refractivity contribution in [2.24, 2.45) is 10.9 Å². The second kappa shape index (κ2) is 6.23. The highest BCUT2D eigenvalue weighted by Gasteiger charge is 2.09. The van der Waals surface area contributed by atoms with Crippen LogP contribution < -0.4 is 10.6 Å². The minimum Gasteiger partial charge on any atom is -0.409 e. The van der Waals surface area contributed by atoms with Crippen LogP contribution in [0.3, 0.4) is 0 Å². The number of aromatic nitrogens is 1. The number of thiophene rings is 1. The van der Waals surface area contributed by atoms with Gasteiger partial charge in [-0.2, -0.15) is 0 Å². The maximum absolute atomic E-state index is 8.77. The molecule has 0 fully saturated rings. The number of nitrogens with two attached hydrogens (primary N) is 1. The summed E-state index contributed by atoms with van der Waals surface area (Å²) in [6.07, 6.45) is 0. The molecule has 2 heterocycles. The zero-order chi connectivity index (χ0) is 14.7. The van der Waals surface area contributed by atoms with Gasteiger partial charge in [0.25, 0.3) is 0 Å². The van der Waals surface area contributed by atoms with Crippen molar-refractivity contribution in [1.29, 1.82) is 0 Å². The Kier molecular flexibility index (Phi) is 4.61. The highest BCUT2D eigenvalue weighted by Crippen LogP contribution is 2.23. The van der Waals surface area contributed by atoms with Gasteiger partial charge < -0.3 is 15.8 Å². The Morgan fingerprint density at radius 3 is 2.85 bits per heavy atom. The predicted molar refractivity (Wildman–Crippen MR) is 85.6 cm³/mol. The van der Waals surface area contributed by atoms with E-state index < -0.39 is 0 Å². The molecule has 106 valence electrons. The number of halogens is 1. The van der Waals surface area contributed by atoms with E-state index in [0.29, 0.717) is 5.56 Å². The summed E-state index contributed by atoms with van der Waals surface area (Å²) in [5, 5.41) is 13.9. The first-order chi connectivity index (χ1) is 9.49. The fraction of sp³-hybridized carbons (Fsp3) is 0.231. The molecule has 2 rings (SSSR count). The third kappa shape index (κ3) is 3.49. The van der Waals surface area contributed by atoms with Crippen molar-refractivity contribution in [2.45, 2.75) is 13.5 Å². The van der Waals surface area contributed by atoms with Gasteiger partial charge in [-0.05, 0) is 41.1 Å². The van der Waals surface area contributed by atoms with Crippen LogP contribution in [0.15, 0.2) is 33.2 Å². The van der Waals surface area contributed by atoms with Gasteiger partial charge in [0.1, 0.15) is 5.82 Å². The van der Waals surface area contributed by atoms with Crippen LogP contribution in [-0.4, -0.2) is 23.1 Å². The molecule has 0 saturated carbocycles. The largest absolute Gasteiger partial charge is 0.409 e. The monoisotopic (exact) mass is 354 g/mol. The zero-order valence-corrected chi connectivity index (χ0v) is 13.6. The molecular formula is C13H15BrN4OS. The van der Waals surface area contributed by atoms with Crippen molar-refractivity contribution in [1.82, 2.24) is 4.98 Å². The molecule has 0 unspecified atom stereocenters. The quantitative estimate of drug-likeness (QED) is 0.383. The first-order valence-electron chi connectivity index (χ1n) is 5.90. The lowest BCUT2D eigenvalue weighted by molar-refractivity contribution is 0.318. The summed E-state index contributed by atoms with van der Waals surface area (Å²) < 4.78 is 1.08. The van der Waals surface area contributed by atoms with Crippen molar-refractivity contribution in [3.05, 3.63) is 44.2 Å². The van der Waals surface area contributed by atoms with Gasteiger partial charge >= 0.3 is 0 Å². The summed E-state index contributed by atoms with van der Waals surface area (Å²) in [5.41, 5.74) is 7.12. The fourth-order valence-electron chi connectivity index (χ4n) is 1.80. The van der Waals surface area contributed by atoms with Crippen LogP contribution in [0.5, 0.6) is 0 Å². The molecular weight excluding hydrogens is 340 g/mol. The molecule has 3 N–H and O–H groups in total. The number of hydrogen-bond donors (Lipinski definition) is 2. The Hall–Kier alpha value is -1.60. The SMILES string of the molecule is Cc1cc(/C(N)=N/O)cc(N(C)Cc2cc(Br)cs2)n1. The van der Waals surface area contributed by atoms with Crippen molar-refractivity contribution in [2.75, 3.05) is 11.9 Å². The van der Waals surface area contributed by atoms with Crippen molar-refractivity contribution in [3.8, 4) is 0 Å². The highest BCUT2D eigenvalue weighted by atomic mass is 79.9. The van der Waals surface area contributed by atoms with Crippen LogP contribution in [0, 0.1) is 6.92 Å². The summed E-state index contributed by atoms with van der Waals surface area (Å²) in [7, 11) is 1.96. The van der Waals surface area contributed by atoms with Gasteiger partial charge in [-0.25, -0.2) is 4.98 Å². The summed E-state index contributed by atoms with van der Waals surface area (Å²) in [6.45, 7) is 2.63. The molecule has 0 bridgehead atoms. The van der Waals surface area contributed by atoms with Gasteiger partial charge in [0, 0.05) is 33.0 Å². The Labute approximate surface area is 129 Å². The maximum atomic E-state index is 8.77. The third-order valence-electron chi connectivity index (χ3n) is 2.75. The van der Waals surface area contributed by atoms with Gasteiger partial charge in [-0.1, -0.05) is 5.16 Å². The molecule has 0 aliphatic rings. The number of aryl methyl sites for hydroxylation is 1. The van der Waals surface area contributed by atoms with E-state index in [9.17, 15) is 0 Å². The molecule has 0 atom stereocenters. The van der Waals surface area contributed by atoms with Crippen molar-refractivity contribution >= 4 is 38.9 Å². The first-order valence-corrected chi connectivity index (χ1v) is 7.57. The normalized spacial score (nSPS) is 11.7. The maximum Gasteiger partial charge on any atom is 0.170 e. The fourth-order valence-corrected chi connectivity index (χ4v) is 3.31. The molecule has 0 radical (unpaired) electrons. The minimum atomic E-state index is 0.0871. The summed E-state index contributed by atoms with van der Waals surface area (Å²) >= 11 is 5.13. The lowest BCUT2D eigenvalue weighted by Gasteiger charge is -2.18.